The van der Waals surface area contributed by atoms with Crippen LogP contribution in [-0.4, -0.2) is 27.6 Å². The number of aryl methyl sites for hydroxylation is 2. The topological polar surface area (TPSA) is 68.5 Å². The highest BCUT2D eigenvalue weighted by Gasteiger charge is 2.19. The van der Waals surface area contributed by atoms with Crippen molar-refractivity contribution in [2.24, 2.45) is 0 Å². The molecule has 4 rings (SSSR count). The molecule has 4 aromatic rings. The van der Waals surface area contributed by atoms with Gasteiger partial charge in [-0.1, -0.05) is 24.3 Å². The summed E-state index contributed by atoms with van der Waals surface area (Å²) in [6.45, 7) is 3.67. The number of nitrogens with one attached hydrogen (secondary N) is 1. The van der Waals surface area contributed by atoms with E-state index in [4.69, 9.17) is 4.74 Å². The van der Waals surface area contributed by atoms with Gasteiger partial charge in [-0.3, -0.25) is 4.79 Å². The number of ether oxygens (including phenoxy) is 1. The number of benzene rings is 2. The Balaban J connectivity index is 1.75. The smallest absolute Gasteiger partial charge is 0.259 e. The van der Waals surface area contributed by atoms with Crippen LogP contribution in [0.5, 0.6) is 5.75 Å². The quantitative estimate of drug-likeness (QED) is 0.560. The van der Waals surface area contributed by atoms with Crippen LogP contribution in [-0.2, 0) is 0 Å². The van der Waals surface area contributed by atoms with E-state index in [0.29, 0.717) is 28.3 Å². The molecule has 0 spiro atoms. The van der Waals surface area contributed by atoms with Crippen LogP contribution in [0, 0.1) is 19.7 Å². The first-order valence-electron chi connectivity index (χ1n) is 9.05. The van der Waals surface area contributed by atoms with Crippen molar-refractivity contribution in [3.63, 3.8) is 0 Å². The summed E-state index contributed by atoms with van der Waals surface area (Å²) in [6, 6.07) is 13.4. The lowest BCUT2D eigenvalue weighted by atomic mass is 10.1. The maximum Gasteiger partial charge on any atom is 0.259 e. The van der Waals surface area contributed by atoms with E-state index in [1.165, 1.54) is 18.3 Å². The molecule has 0 aliphatic rings. The van der Waals surface area contributed by atoms with Crippen molar-refractivity contribution in [1.82, 2.24) is 14.6 Å². The van der Waals surface area contributed by atoms with E-state index in [2.05, 4.69) is 15.4 Å². The van der Waals surface area contributed by atoms with Gasteiger partial charge in [0, 0.05) is 11.8 Å². The molecule has 6 nitrogen and oxygen atoms in total. The van der Waals surface area contributed by atoms with Gasteiger partial charge in [0.05, 0.1) is 29.7 Å². The first kappa shape index (κ1) is 18.6. The maximum absolute atomic E-state index is 13.3. The molecular formula is C22H19FN4O2. The van der Waals surface area contributed by atoms with Crippen molar-refractivity contribution in [1.29, 1.82) is 0 Å². The number of methoxy groups -OCH3 is 1. The number of halogens is 1. The minimum absolute atomic E-state index is 0.303. The third-order valence-corrected chi connectivity index (χ3v) is 4.79. The van der Waals surface area contributed by atoms with Crippen LogP contribution in [0.15, 0.2) is 54.7 Å². The number of aromatic nitrogens is 3. The Kier molecular flexibility index (Phi) is 4.72. The van der Waals surface area contributed by atoms with E-state index < -0.39 is 0 Å². The molecule has 0 fully saturated rings. The van der Waals surface area contributed by atoms with Crippen molar-refractivity contribution in [2.75, 3.05) is 12.4 Å². The maximum atomic E-state index is 13.3. The van der Waals surface area contributed by atoms with Gasteiger partial charge >= 0.3 is 0 Å². The standard InChI is InChI=1S/C22H19FN4O2/c1-13-20(15-8-10-16(23)11-9-15)21-24-12-17(14(2)27(21)26-13)22(28)25-18-6-4-5-7-19(18)29-3/h4-12H,1-3H3,(H,25,28). The van der Waals surface area contributed by atoms with Crippen molar-refractivity contribution in [3.05, 3.63) is 77.5 Å². The summed E-state index contributed by atoms with van der Waals surface area (Å²) in [5, 5.41) is 7.41. The Morgan fingerprint density at radius 2 is 1.83 bits per heavy atom. The van der Waals surface area contributed by atoms with Crippen molar-refractivity contribution in [2.45, 2.75) is 13.8 Å². The predicted octanol–water partition coefficient (Wildman–Crippen LogP) is 4.41. The summed E-state index contributed by atoms with van der Waals surface area (Å²) in [6.07, 6.45) is 1.53. The zero-order valence-electron chi connectivity index (χ0n) is 16.2. The molecule has 0 saturated carbocycles. The molecular weight excluding hydrogens is 371 g/mol. The molecule has 1 amide bonds. The number of amides is 1. The SMILES string of the molecule is COc1ccccc1NC(=O)c1cnc2c(-c3ccc(F)cc3)c(C)nn2c1C. The number of carbonyl (C=O) groups is 1. The average Bonchev–Trinajstić information content (AvgIpc) is 3.06. The number of carbonyl (C=O) groups excluding carboxylic acids is 1. The van der Waals surface area contributed by atoms with Crippen LogP contribution >= 0.6 is 0 Å². The van der Waals surface area contributed by atoms with Gasteiger partial charge in [0.15, 0.2) is 5.65 Å². The number of anilines is 1. The van der Waals surface area contributed by atoms with Crippen LogP contribution in [0.3, 0.4) is 0 Å². The van der Waals surface area contributed by atoms with Crippen LogP contribution in [0.1, 0.15) is 21.7 Å². The van der Waals surface area contributed by atoms with E-state index in [1.807, 2.05) is 26.0 Å². The summed E-state index contributed by atoms with van der Waals surface area (Å²) >= 11 is 0. The summed E-state index contributed by atoms with van der Waals surface area (Å²) < 4.78 is 20.2. The zero-order chi connectivity index (χ0) is 20.5. The number of rotatable bonds is 4. The van der Waals surface area contributed by atoms with Gasteiger partial charge in [-0.2, -0.15) is 5.10 Å². The van der Waals surface area contributed by atoms with E-state index >= 15 is 0 Å². The molecule has 146 valence electrons. The van der Waals surface area contributed by atoms with Crippen molar-refractivity contribution >= 4 is 17.2 Å². The van der Waals surface area contributed by atoms with E-state index in [0.717, 1.165) is 16.8 Å². The van der Waals surface area contributed by atoms with E-state index in [1.54, 1.807) is 35.9 Å². The van der Waals surface area contributed by atoms with Gasteiger partial charge in [-0.25, -0.2) is 13.9 Å². The number of para-hydroxylation sites is 2. The third kappa shape index (κ3) is 3.31. The predicted molar refractivity (Wildman–Crippen MR) is 109 cm³/mol. The van der Waals surface area contributed by atoms with Gasteiger partial charge in [-0.05, 0) is 43.7 Å². The third-order valence-electron chi connectivity index (χ3n) is 4.79. The first-order chi connectivity index (χ1) is 14.0. The lowest BCUT2D eigenvalue weighted by molar-refractivity contribution is 0.102. The largest absolute Gasteiger partial charge is 0.495 e. The van der Waals surface area contributed by atoms with Crippen LogP contribution in [0.2, 0.25) is 0 Å². The monoisotopic (exact) mass is 390 g/mol. The summed E-state index contributed by atoms with van der Waals surface area (Å²) in [4.78, 5) is 17.3. The molecule has 2 aromatic carbocycles. The molecule has 0 radical (unpaired) electrons. The second-order valence-corrected chi connectivity index (χ2v) is 6.61. The number of nitrogens with zero attached hydrogens (tertiary/aromatic N) is 3. The second kappa shape index (κ2) is 7.35. The van der Waals surface area contributed by atoms with E-state index in [9.17, 15) is 9.18 Å². The molecule has 0 atom stereocenters. The highest BCUT2D eigenvalue weighted by Crippen LogP contribution is 2.29. The fourth-order valence-electron chi connectivity index (χ4n) is 3.32. The van der Waals surface area contributed by atoms with Crippen LogP contribution < -0.4 is 10.1 Å². The van der Waals surface area contributed by atoms with Gasteiger partial charge < -0.3 is 10.1 Å². The Hall–Kier alpha value is -3.74. The molecule has 0 aliphatic heterocycles. The highest BCUT2D eigenvalue weighted by molar-refractivity contribution is 6.05. The van der Waals surface area contributed by atoms with Crippen LogP contribution in [0.25, 0.3) is 16.8 Å². The lowest BCUT2D eigenvalue weighted by Gasteiger charge is -2.11. The molecule has 2 aromatic heterocycles. The number of hydrogen-bond acceptors (Lipinski definition) is 4. The Morgan fingerprint density at radius 3 is 2.55 bits per heavy atom. The Morgan fingerprint density at radius 1 is 1.10 bits per heavy atom. The molecule has 2 heterocycles. The average molecular weight is 390 g/mol. The molecule has 29 heavy (non-hydrogen) atoms. The van der Waals surface area contributed by atoms with Crippen LogP contribution in [0.4, 0.5) is 10.1 Å². The Bertz CT molecular complexity index is 1220. The number of fused-ring (bicyclic) bond motifs is 1. The van der Waals surface area contributed by atoms with Crippen molar-refractivity contribution in [3.8, 4) is 16.9 Å². The summed E-state index contributed by atoms with van der Waals surface area (Å²) in [5.74, 6) is -0.0405. The van der Waals surface area contributed by atoms with Gasteiger partial charge in [0.2, 0.25) is 0 Å². The minimum Gasteiger partial charge on any atom is -0.495 e. The second-order valence-electron chi connectivity index (χ2n) is 6.61. The lowest BCUT2D eigenvalue weighted by Crippen LogP contribution is -2.16. The normalized spacial score (nSPS) is 10.9. The van der Waals surface area contributed by atoms with E-state index in [-0.39, 0.29) is 11.7 Å². The zero-order valence-corrected chi connectivity index (χ0v) is 16.2. The van der Waals surface area contributed by atoms with Gasteiger partial charge in [0.25, 0.3) is 5.91 Å². The molecule has 7 heteroatoms. The summed E-state index contributed by atoms with van der Waals surface area (Å²) in [5.41, 5.74) is 4.61. The Labute approximate surface area is 167 Å². The minimum atomic E-state index is -0.308. The molecule has 0 aliphatic carbocycles. The van der Waals surface area contributed by atoms with Gasteiger partial charge in [-0.15, -0.1) is 0 Å². The summed E-state index contributed by atoms with van der Waals surface area (Å²) in [7, 11) is 1.55. The highest BCUT2D eigenvalue weighted by atomic mass is 19.1. The van der Waals surface area contributed by atoms with Crippen molar-refractivity contribution < 1.29 is 13.9 Å². The first-order valence-corrected chi connectivity index (χ1v) is 9.05. The molecule has 0 saturated heterocycles. The molecule has 0 bridgehead atoms. The van der Waals surface area contributed by atoms with Gasteiger partial charge in [0.1, 0.15) is 11.6 Å². The fraction of sp³-hybridized carbons (Fsp3) is 0.136. The molecule has 1 N–H and O–H groups in total. The number of hydrogen-bond donors (Lipinski definition) is 1. The fourth-order valence-corrected chi connectivity index (χ4v) is 3.32. The molecule has 0 unspecified atom stereocenters.